The van der Waals surface area contributed by atoms with Crippen molar-refractivity contribution >= 4 is 16.0 Å². The summed E-state index contributed by atoms with van der Waals surface area (Å²) in [6, 6.07) is 11.1. The standard InChI is InChI=1S/C15H16N2O4S/c1-21-15(18)12-5-7-14(8-6-12)22(19,20)17-11-9-13-4-2-3-10-16-13/h2-8,10,17H,9,11H2,1H3. The molecule has 0 radical (unpaired) electrons. The van der Waals surface area contributed by atoms with Gasteiger partial charge in [0.25, 0.3) is 0 Å². The van der Waals surface area contributed by atoms with E-state index in [0.29, 0.717) is 12.0 Å². The van der Waals surface area contributed by atoms with Gasteiger partial charge in [-0.1, -0.05) is 6.07 Å². The van der Waals surface area contributed by atoms with Crippen molar-refractivity contribution in [1.29, 1.82) is 0 Å². The molecule has 1 aromatic carbocycles. The highest BCUT2D eigenvalue weighted by Crippen LogP contribution is 2.11. The van der Waals surface area contributed by atoms with Crippen LogP contribution in [-0.2, 0) is 21.2 Å². The molecule has 0 unspecified atom stereocenters. The Balaban J connectivity index is 1.99. The van der Waals surface area contributed by atoms with Crippen LogP contribution in [-0.4, -0.2) is 33.0 Å². The molecule has 0 saturated carbocycles. The molecule has 0 fully saturated rings. The highest BCUT2D eigenvalue weighted by Gasteiger charge is 2.14. The maximum Gasteiger partial charge on any atom is 0.337 e. The molecular formula is C15H16N2O4S. The summed E-state index contributed by atoms with van der Waals surface area (Å²) < 4.78 is 31.3. The van der Waals surface area contributed by atoms with E-state index in [-0.39, 0.29) is 11.4 Å². The van der Waals surface area contributed by atoms with Gasteiger partial charge in [-0.05, 0) is 36.4 Å². The zero-order valence-corrected chi connectivity index (χ0v) is 12.8. The fourth-order valence-electron chi connectivity index (χ4n) is 1.83. The molecule has 0 spiro atoms. The first-order valence-electron chi connectivity index (χ1n) is 6.61. The summed E-state index contributed by atoms with van der Waals surface area (Å²) in [7, 11) is -2.34. The van der Waals surface area contributed by atoms with E-state index in [4.69, 9.17) is 0 Å². The molecule has 2 aromatic rings. The number of benzene rings is 1. The fraction of sp³-hybridized carbons (Fsp3) is 0.200. The van der Waals surface area contributed by atoms with Crippen LogP contribution in [0.5, 0.6) is 0 Å². The van der Waals surface area contributed by atoms with Gasteiger partial charge in [0.05, 0.1) is 17.6 Å². The molecule has 1 aromatic heterocycles. The number of nitrogens with one attached hydrogen (secondary N) is 1. The first-order valence-corrected chi connectivity index (χ1v) is 8.09. The van der Waals surface area contributed by atoms with E-state index in [1.807, 2.05) is 12.1 Å². The second-order valence-corrected chi connectivity index (χ2v) is 6.25. The maximum atomic E-state index is 12.1. The highest BCUT2D eigenvalue weighted by molar-refractivity contribution is 7.89. The number of pyridine rings is 1. The van der Waals surface area contributed by atoms with Gasteiger partial charge >= 0.3 is 5.97 Å². The lowest BCUT2D eigenvalue weighted by Crippen LogP contribution is -2.26. The molecule has 0 aliphatic rings. The summed E-state index contributed by atoms with van der Waals surface area (Å²) in [5.74, 6) is -0.507. The highest BCUT2D eigenvalue weighted by atomic mass is 32.2. The van der Waals surface area contributed by atoms with E-state index in [0.717, 1.165) is 5.69 Å². The first-order chi connectivity index (χ1) is 10.5. The number of esters is 1. The van der Waals surface area contributed by atoms with Crippen LogP contribution >= 0.6 is 0 Å². The van der Waals surface area contributed by atoms with Crippen molar-refractivity contribution in [3.8, 4) is 0 Å². The third-order valence-corrected chi connectivity index (χ3v) is 4.46. The summed E-state index contributed by atoms with van der Waals surface area (Å²) in [5.41, 5.74) is 1.11. The van der Waals surface area contributed by atoms with Gasteiger partial charge in [0.2, 0.25) is 10.0 Å². The molecule has 6 nitrogen and oxygen atoms in total. The molecule has 2 rings (SSSR count). The summed E-state index contributed by atoms with van der Waals surface area (Å²) in [6.45, 7) is 0.248. The van der Waals surface area contributed by atoms with Crippen molar-refractivity contribution in [3.05, 3.63) is 59.9 Å². The molecule has 116 valence electrons. The van der Waals surface area contributed by atoms with Crippen LogP contribution in [0.3, 0.4) is 0 Å². The summed E-state index contributed by atoms with van der Waals surface area (Å²) >= 11 is 0. The third kappa shape index (κ3) is 4.12. The number of methoxy groups -OCH3 is 1. The zero-order valence-electron chi connectivity index (χ0n) is 12.0. The van der Waals surface area contributed by atoms with Crippen molar-refractivity contribution in [2.24, 2.45) is 0 Å². The van der Waals surface area contributed by atoms with Crippen LogP contribution in [0.4, 0.5) is 0 Å². The average molecular weight is 320 g/mol. The number of hydrogen-bond acceptors (Lipinski definition) is 5. The van der Waals surface area contributed by atoms with E-state index in [1.165, 1.54) is 31.4 Å². The molecule has 0 aliphatic heterocycles. The minimum atomic E-state index is -3.61. The number of rotatable bonds is 6. The number of carbonyl (C=O) groups is 1. The number of hydrogen-bond donors (Lipinski definition) is 1. The van der Waals surface area contributed by atoms with Gasteiger partial charge in [0.1, 0.15) is 0 Å². The number of nitrogens with zero attached hydrogens (tertiary/aromatic N) is 1. The average Bonchev–Trinajstić information content (AvgIpc) is 2.55. The van der Waals surface area contributed by atoms with Crippen LogP contribution in [0.1, 0.15) is 16.1 Å². The fourth-order valence-corrected chi connectivity index (χ4v) is 2.86. The van der Waals surface area contributed by atoms with Gasteiger partial charge in [-0.25, -0.2) is 17.9 Å². The first kappa shape index (κ1) is 16.1. The summed E-state index contributed by atoms with van der Waals surface area (Å²) in [5, 5.41) is 0. The number of carbonyl (C=O) groups excluding carboxylic acids is 1. The summed E-state index contributed by atoms with van der Waals surface area (Å²) in [4.78, 5) is 15.5. The molecule has 0 amide bonds. The minimum absolute atomic E-state index is 0.0983. The smallest absolute Gasteiger partial charge is 0.337 e. The number of ether oxygens (including phenoxy) is 1. The van der Waals surface area contributed by atoms with Crippen molar-refractivity contribution in [2.45, 2.75) is 11.3 Å². The van der Waals surface area contributed by atoms with Gasteiger partial charge < -0.3 is 4.74 Å². The minimum Gasteiger partial charge on any atom is -0.465 e. The molecular weight excluding hydrogens is 304 g/mol. The number of sulfonamides is 1. The quantitative estimate of drug-likeness (QED) is 0.813. The Kier molecular flexibility index (Phi) is 5.24. The Bertz CT molecular complexity index is 728. The van der Waals surface area contributed by atoms with Gasteiger partial charge in [0.15, 0.2) is 0 Å². The number of aromatic nitrogens is 1. The lowest BCUT2D eigenvalue weighted by Gasteiger charge is -2.07. The third-order valence-electron chi connectivity index (χ3n) is 2.99. The second-order valence-electron chi connectivity index (χ2n) is 4.48. The van der Waals surface area contributed by atoms with Gasteiger partial charge in [-0.3, -0.25) is 4.98 Å². The van der Waals surface area contributed by atoms with Crippen LogP contribution < -0.4 is 4.72 Å². The summed E-state index contributed by atoms with van der Waals surface area (Å²) in [6.07, 6.45) is 2.16. The SMILES string of the molecule is COC(=O)c1ccc(S(=O)(=O)NCCc2ccccn2)cc1. The van der Waals surface area contributed by atoms with Crippen LogP contribution in [0, 0.1) is 0 Å². The van der Waals surface area contributed by atoms with E-state index >= 15 is 0 Å². The molecule has 1 heterocycles. The molecule has 0 bridgehead atoms. The van der Waals surface area contributed by atoms with Crippen molar-refractivity contribution < 1.29 is 17.9 Å². The monoisotopic (exact) mass is 320 g/mol. The Morgan fingerprint density at radius 3 is 2.50 bits per heavy atom. The van der Waals surface area contributed by atoms with Gasteiger partial charge in [0, 0.05) is 24.9 Å². The van der Waals surface area contributed by atoms with Crippen LogP contribution in [0.25, 0.3) is 0 Å². The Labute approximate surface area is 129 Å². The van der Waals surface area contributed by atoms with E-state index < -0.39 is 16.0 Å². The molecule has 7 heteroatoms. The molecule has 1 N–H and O–H groups in total. The molecule has 22 heavy (non-hydrogen) atoms. The van der Waals surface area contributed by atoms with Crippen molar-refractivity contribution in [2.75, 3.05) is 13.7 Å². The van der Waals surface area contributed by atoms with Gasteiger partial charge in [-0.15, -0.1) is 0 Å². The zero-order chi connectivity index (χ0) is 16.0. The molecule has 0 atom stereocenters. The topological polar surface area (TPSA) is 85.4 Å². The second kappa shape index (κ2) is 7.15. The van der Waals surface area contributed by atoms with E-state index in [2.05, 4.69) is 14.4 Å². The lowest BCUT2D eigenvalue weighted by atomic mass is 10.2. The molecule has 0 saturated heterocycles. The Hall–Kier alpha value is -2.25. The molecule has 0 aliphatic carbocycles. The Morgan fingerprint density at radius 1 is 1.18 bits per heavy atom. The van der Waals surface area contributed by atoms with E-state index in [1.54, 1.807) is 12.3 Å². The predicted molar refractivity (Wildman–Crippen MR) is 80.9 cm³/mol. The largest absolute Gasteiger partial charge is 0.465 e. The van der Waals surface area contributed by atoms with Gasteiger partial charge in [-0.2, -0.15) is 0 Å². The lowest BCUT2D eigenvalue weighted by molar-refractivity contribution is 0.0600. The normalized spacial score (nSPS) is 11.1. The van der Waals surface area contributed by atoms with E-state index in [9.17, 15) is 13.2 Å². The Morgan fingerprint density at radius 2 is 1.91 bits per heavy atom. The van der Waals surface area contributed by atoms with Crippen LogP contribution in [0.15, 0.2) is 53.6 Å². The predicted octanol–water partition coefficient (Wildman–Crippen LogP) is 1.39. The van der Waals surface area contributed by atoms with Crippen LogP contribution in [0.2, 0.25) is 0 Å². The van der Waals surface area contributed by atoms with Crippen molar-refractivity contribution in [1.82, 2.24) is 9.71 Å². The maximum absolute atomic E-state index is 12.1. The van der Waals surface area contributed by atoms with Crippen molar-refractivity contribution in [3.63, 3.8) is 0 Å².